The Hall–Kier alpha value is -3.29. The molecule has 3 rings (SSSR count). The van der Waals surface area contributed by atoms with Crippen LogP contribution in [-0.4, -0.2) is 29.5 Å². The van der Waals surface area contributed by atoms with Crippen molar-refractivity contribution in [3.8, 4) is 0 Å². The molecular formula is C20H26FN7. The second-order valence-electron chi connectivity index (χ2n) is 5.81. The molecule has 0 saturated heterocycles. The number of halogens is 1. The number of aryl methyl sites for hydroxylation is 1. The molecule has 8 heteroatoms. The number of fused-ring (bicyclic) bond motifs is 1. The average molecular weight is 383 g/mol. The van der Waals surface area contributed by atoms with Crippen LogP contribution in [0.4, 0.5) is 10.2 Å². The van der Waals surface area contributed by atoms with Crippen molar-refractivity contribution >= 4 is 22.5 Å². The fourth-order valence-corrected chi connectivity index (χ4v) is 2.79. The summed E-state index contributed by atoms with van der Waals surface area (Å²) in [5.74, 6) is 0.0149. The molecule has 0 bridgehead atoms. The van der Waals surface area contributed by atoms with Gasteiger partial charge >= 0.3 is 0 Å². The number of nitrogens with two attached hydrogens (primary N) is 1. The molecule has 3 heterocycles. The van der Waals surface area contributed by atoms with Crippen molar-refractivity contribution in [2.45, 2.75) is 40.7 Å². The summed E-state index contributed by atoms with van der Waals surface area (Å²) in [7, 11) is 0. The maximum atomic E-state index is 14.1. The van der Waals surface area contributed by atoms with Crippen LogP contribution in [0.15, 0.2) is 49.4 Å². The van der Waals surface area contributed by atoms with Crippen LogP contribution in [0.5, 0.6) is 0 Å². The Morgan fingerprint density at radius 1 is 1.32 bits per heavy atom. The molecule has 0 aliphatic carbocycles. The fourth-order valence-electron chi connectivity index (χ4n) is 2.79. The lowest BCUT2D eigenvalue weighted by atomic mass is 10.2. The van der Waals surface area contributed by atoms with Crippen LogP contribution in [0.3, 0.4) is 0 Å². The number of hydrogen-bond donors (Lipinski definition) is 1. The van der Waals surface area contributed by atoms with Crippen molar-refractivity contribution in [3.63, 3.8) is 0 Å². The van der Waals surface area contributed by atoms with Gasteiger partial charge in [-0.2, -0.15) is 10.2 Å². The van der Waals surface area contributed by atoms with E-state index in [-0.39, 0.29) is 11.9 Å². The first-order valence-corrected chi connectivity index (χ1v) is 9.13. The maximum absolute atomic E-state index is 14.1. The third-order valence-corrected chi connectivity index (χ3v) is 4.17. The van der Waals surface area contributed by atoms with Gasteiger partial charge in [-0.3, -0.25) is 0 Å². The fraction of sp³-hybridized carbons (Fsp3) is 0.300. The van der Waals surface area contributed by atoms with Crippen molar-refractivity contribution in [2.75, 3.05) is 5.73 Å². The largest absolute Gasteiger partial charge is 0.383 e. The van der Waals surface area contributed by atoms with Crippen molar-refractivity contribution < 1.29 is 4.39 Å². The summed E-state index contributed by atoms with van der Waals surface area (Å²) in [6.07, 6.45) is 9.32. The highest BCUT2D eigenvalue weighted by atomic mass is 19.1. The summed E-state index contributed by atoms with van der Waals surface area (Å²) in [6.45, 7) is 13.1. The average Bonchev–Trinajstić information content (AvgIpc) is 3.32. The van der Waals surface area contributed by atoms with Gasteiger partial charge in [-0.05, 0) is 32.9 Å². The summed E-state index contributed by atoms with van der Waals surface area (Å²) in [5.41, 5.74) is 8.52. The van der Waals surface area contributed by atoms with Gasteiger partial charge in [0.15, 0.2) is 5.65 Å². The lowest BCUT2D eigenvalue weighted by Crippen LogP contribution is -2.09. The van der Waals surface area contributed by atoms with E-state index in [0.29, 0.717) is 17.2 Å². The molecule has 1 unspecified atom stereocenters. The Kier molecular flexibility index (Phi) is 6.81. The van der Waals surface area contributed by atoms with Crippen molar-refractivity contribution in [2.24, 2.45) is 0 Å². The number of allylic oxidation sites excluding steroid dienone is 5. The zero-order valence-corrected chi connectivity index (χ0v) is 16.9. The highest BCUT2D eigenvalue weighted by Gasteiger charge is 2.19. The van der Waals surface area contributed by atoms with Crippen LogP contribution in [0, 0.1) is 6.92 Å². The third kappa shape index (κ3) is 3.85. The number of rotatable bonds is 5. The lowest BCUT2D eigenvalue weighted by Gasteiger charge is -2.11. The molecule has 0 aliphatic heterocycles. The molecule has 0 aliphatic rings. The molecule has 0 radical (unpaired) electrons. The van der Waals surface area contributed by atoms with Crippen LogP contribution in [0.1, 0.15) is 45.0 Å². The summed E-state index contributed by atoms with van der Waals surface area (Å²) in [6, 6.07) is -0.173. The van der Waals surface area contributed by atoms with E-state index in [2.05, 4.69) is 26.7 Å². The van der Waals surface area contributed by atoms with E-state index in [4.69, 9.17) is 5.73 Å². The van der Waals surface area contributed by atoms with Gasteiger partial charge in [0.1, 0.15) is 18.0 Å². The van der Waals surface area contributed by atoms with Gasteiger partial charge in [-0.15, -0.1) is 0 Å². The van der Waals surface area contributed by atoms with Crippen LogP contribution >= 0.6 is 0 Å². The zero-order valence-electron chi connectivity index (χ0n) is 16.9. The monoisotopic (exact) mass is 383 g/mol. The molecule has 0 spiro atoms. The first kappa shape index (κ1) is 21.0. The van der Waals surface area contributed by atoms with Gasteiger partial charge in [0.05, 0.1) is 29.0 Å². The predicted molar refractivity (Wildman–Crippen MR) is 111 cm³/mol. The minimum Gasteiger partial charge on any atom is -0.383 e. The number of anilines is 1. The Morgan fingerprint density at radius 2 is 2.04 bits per heavy atom. The molecule has 28 heavy (non-hydrogen) atoms. The molecule has 2 N–H and O–H groups in total. The molecule has 148 valence electrons. The minimum atomic E-state index is -0.381. The molecule has 0 fully saturated rings. The minimum absolute atomic E-state index is 0.173. The number of hydrogen-bond acceptors (Lipinski definition) is 5. The molecule has 0 amide bonds. The summed E-state index contributed by atoms with van der Waals surface area (Å²) in [4.78, 5) is 8.33. The van der Waals surface area contributed by atoms with Crippen LogP contribution < -0.4 is 5.73 Å². The second kappa shape index (κ2) is 9.07. The zero-order chi connectivity index (χ0) is 20.8. The van der Waals surface area contributed by atoms with Gasteiger partial charge < -0.3 is 5.73 Å². The quantitative estimate of drug-likeness (QED) is 0.658. The van der Waals surface area contributed by atoms with E-state index in [1.165, 1.54) is 23.2 Å². The SMILES string of the molecule is C=C/C=C(\C(F)=C/C)n1cc(C(C)n2nc(C)c3c(N)ncnc32)cn1.CC. The highest BCUT2D eigenvalue weighted by molar-refractivity contribution is 5.88. The van der Waals surface area contributed by atoms with E-state index >= 15 is 0 Å². The standard InChI is InChI=1S/C18H20FN7.C2H6/c1-5-7-15(14(19)6-2)25-9-13(8-23-25)12(4)26-18-16(11(3)24-26)17(20)21-10-22-18;1-2/h5-10,12H,1H2,2-4H3,(H2,20,21,22);1-2H3/b14-6+,15-7+;. The van der Waals surface area contributed by atoms with Gasteiger partial charge in [0.2, 0.25) is 0 Å². The van der Waals surface area contributed by atoms with Crippen molar-refractivity contribution in [1.82, 2.24) is 29.5 Å². The molecular weight excluding hydrogens is 357 g/mol. The summed E-state index contributed by atoms with van der Waals surface area (Å²) >= 11 is 0. The van der Waals surface area contributed by atoms with Gasteiger partial charge in [0.25, 0.3) is 0 Å². The van der Waals surface area contributed by atoms with Crippen molar-refractivity contribution in [3.05, 3.63) is 60.6 Å². The number of nitrogens with zero attached hydrogens (tertiary/aromatic N) is 6. The summed E-state index contributed by atoms with van der Waals surface area (Å²) < 4.78 is 17.3. The number of nitrogen functional groups attached to an aromatic ring is 1. The molecule has 3 aromatic rings. The third-order valence-electron chi connectivity index (χ3n) is 4.17. The Morgan fingerprint density at radius 3 is 2.68 bits per heavy atom. The topological polar surface area (TPSA) is 87.4 Å². The highest BCUT2D eigenvalue weighted by Crippen LogP contribution is 2.27. The van der Waals surface area contributed by atoms with E-state index in [9.17, 15) is 4.39 Å². The second-order valence-corrected chi connectivity index (χ2v) is 5.81. The Balaban J connectivity index is 0.00000136. The van der Waals surface area contributed by atoms with Crippen LogP contribution in [0.2, 0.25) is 0 Å². The first-order chi connectivity index (χ1) is 13.5. The van der Waals surface area contributed by atoms with E-state index in [1.807, 2.05) is 27.7 Å². The van der Waals surface area contributed by atoms with Gasteiger partial charge in [0, 0.05) is 11.8 Å². The van der Waals surface area contributed by atoms with E-state index < -0.39 is 0 Å². The Labute approximate surface area is 164 Å². The molecule has 7 nitrogen and oxygen atoms in total. The van der Waals surface area contributed by atoms with Crippen molar-refractivity contribution in [1.29, 1.82) is 0 Å². The molecule has 0 saturated carbocycles. The van der Waals surface area contributed by atoms with E-state index in [1.54, 1.807) is 30.1 Å². The predicted octanol–water partition coefficient (Wildman–Crippen LogP) is 4.45. The molecule has 3 aromatic heterocycles. The Bertz CT molecular complexity index is 1030. The lowest BCUT2D eigenvalue weighted by molar-refractivity contribution is 0.574. The van der Waals surface area contributed by atoms with Gasteiger partial charge in [-0.25, -0.2) is 23.7 Å². The van der Waals surface area contributed by atoms with E-state index in [0.717, 1.165) is 16.6 Å². The van der Waals surface area contributed by atoms with Gasteiger partial charge in [-0.1, -0.05) is 26.5 Å². The number of aromatic nitrogens is 6. The first-order valence-electron chi connectivity index (χ1n) is 9.13. The smallest absolute Gasteiger partial charge is 0.164 e. The van der Waals surface area contributed by atoms with Crippen LogP contribution in [0.25, 0.3) is 16.7 Å². The normalized spacial score (nSPS) is 13.2. The summed E-state index contributed by atoms with van der Waals surface area (Å²) in [5, 5.41) is 9.56. The molecule has 1 atom stereocenters. The van der Waals surface area contributed by atoms with Crippen LogP contribution in [-0.2, 0) is 0 Å². The molecule has 0 aromatic carbocycles. The maximum Gasteiger partial charge on any atom is 0.164 e.